The third kappa shape index (κ3) is 13.1. The Hall–Kier alpha value is -10.7. The molecule has 6 aromatic carbocycles. The fourth-order valence-electron chi connectivity index (χ4n) is 7.48. The van der Waals surface area contributed by atoms with Crippen molar-refractivity contribution in [3.63, 3.8) is 0 Å². The number of hydrogen-bond acceptors (Lipinski definition) is 14. The molecule has 2 heterocycles. The Kier molecular flexibility index (Phi) is 15.5. The molecule has 77 heavy (non-hydrogen) atoms. The molecule has 0 aliphatic heterocycles. The Morgan fingerprint density at radius 2 is 0.701 bits per heavy atom. The summed E-state index contributed by atoms with van der Waals surface area (Å²) in [6.07, 6.45) is 2.89. The second kappa shape index (κ2) is 22.6. The number of carbonyl (C=O) groups excluding carboxylic acids is 8. The molecule has 8 aromatic rings. The molecule has 0 atom stereocenters. The van der Waals surface area contributed by atoms with Crippen LogP contribution in [0.3, 0.4) is 0 Å². The maximum Gasteiger partial charge on any atom is 0.277 e. The summed E-state index contributed by atoms with van der Waals surface area (Å²) in [6.45, 7) is 0.756. The lowest BCUT2D eigenvalue weighted by molar-refractivity contribution is 0.0940. The number of benzene rings is 6. The zero-order valence-corrected chi connectivity index (χ0v) is 41.0. The van der Waals surface area contributed by atoms with Gasteiger partial charge in [0.2, 0.25) is 33.5 Å². The highest BCUT2D eigenvalue weighted by molar-refractivity contribution is 7.91. The quantitative estimate of drug-likeness (QED) is 0.0544. The van der Waals surface area contributed by atoms with Gasteiger partial charge in [0.1, 0.15) is 0 Å². The van der Waals surface area contributed by atoms with E-state index in [9.17, 15) is 46.8 Å². The van der Waals surface area contributed by atoms with Crippen LogP contribution in [0.15, 0.2) is 156 Å². The van der Waals surface area contributed by atoms with Crippen LogP contribution < -0.4 is 44.2 Å². The number of rotatable bonds is 20. The van der Waals surface area contributed by atoms with Gasteiger partial charge in [-0.05, 0) is 107 Å². The van der Waals surface area contributed by atoms with Crippen LogP contribution in [0.2, 0.25) is 0 Å². The topological polar surface area (TPSA) is 384 Å². The maximum atomic E-state index is 13.5. The molecule has 0 aliphatic carbocycles. The number of nitrogens with two attached hydrogens (primary N) is 4. The predicted octanol–water partition coefficient (Wildman–Crippen LogP) is 2.56. The smallest absolute Gasteiger partial charge is 0.277 e. The number of amides is 8. The largest absolute Gasteiger partial charge is 0.366 e. The van der Waals surface area contributed by atoms with E-state index in [4.69, 9.17) is 22.9 Å². The SMILES string of the molecule is NC(=O)c1cc(C(N)=O)cc(C(=O)NCc2ccc(Cn3cc(C(=O)Nc4ccc(S(=O)(=O)c5ccc(NC(=O)c6cn(Cc7ccc(CNC(=O)c8cc(C(N)=O)cc(C(N)=O)c8)cc7)nn6)cc5)cc4)nn3)cc2)c1. The van der Waals surface area contributed by atoms with Gasteiger partial charge in [-0.2, -0.15) is 0 Å². The Balaban J connectivity index is 0.783. The van der Waals surface area contributed by atoms with Crippen molar-refractivity contribution < 1.29 is 46.8 Å². The second-order valence-electron chi connectivity index (χ2n) is 17.1. The summed E-state index contributed by atoms with van der Waals surface area (Å²) in [5.74, 6) is -5.55. The Morgan fingerprint density at radius 3 is 1.01 bits per heavy atom. The van der Waals surface area contributed by atoms with Crippen LogP contribution >= 0.6 is 0 Å². The molecule has 12 N–H and O–H groups in total. The predicted molar refractivity (Wildman–Crippen MR) is 275 cm³/mol. The molecule has 8 rings (SSSR count). The van der Waals surface area contributed by atoms with Crippen LogP contribution in [-0.2, 0) is 36.0 Å². The molecule has 0 bridgehead atoms. The average molecular weight is 1060 g/mol. The van der Waals surface area contributed by atoms with E-state index in [1.165, 1.54) is 107 Å². The zero-order valence-electron chi connectivity index (χ0n) is 40.2. The molecule has 8 amide bonds. The van der Waals surface area contributed by atoms with Crippen molar-refractivity contribution >= 4 is 68.5 Å². The second-order valence-corrected chi connectivity index (χ2v) is 19.1. The summed E-state index contributed by atoms with van der Waals surface area (Å²) < 4.78 is 30.0. The monoisotopic (exact) mass is 1060 g/mol. The van der Waals surface area contributed by atoms with E-state index in [0.717, 1.165) is 22.3 Å². The summed E-state index contributed by atoms with van der Waals surface area (Å²) in [7, 11) is -4.02. The van der Waals surface area contributed by atoms with Crippen molar-refractivity contribution in [2.45, 2.75) is 36.0 Å². The normalized spacial score (nSPS) is 11.0. The van der Waals surface area contributed by atoms with Crippen LogP contribution in [0.5, 0.6) is 0 Å². The van der Waals surface area contributed by atoms with Gasteiger partial charge in [0.25, 0.3) is 23.6 Å². The summed E-state index contributed by atoms with van der Waals surface area (Å²) in [5.41, 5.74) is 24.9. The molecule has 0 spiro atoms. The van der Waals surface area contributed by atoms with Crippen molar-refractivity contribution in [2.75, 3.05) is 10.6 Å². The third-order valence-corrected chi connectivity index (χ3v) is 13.3. The molecule has 2 aromatic heterocycles. The number of sulfone groups is 1. The van der Waals surface area contributed by atoms with Crippen molar-refractivity contribution in [2.24, 2.45) is 22.9 Å². The minimum absolute atomic E-state index is 0.00101. The number of carbonyl (C=O) groups is 8. The van der Waals surface area contributed by atoms with E-state index in [0.29, 0.717) is 11.4 Å². The number of hydrogen-bond donors (Lipinski definition) is 8. The number of aromatic nitrogens is 6. The molecular weight excluding hydrogens is 1010 g/mol. The first-order valence-electron chi connectivity index (χ1n) is 22.9. The molecule has 0 unspecified atom stereocenters. The zero-order chi connectivity index (χ0) is 55.0. The Labute approximate surface area is 436 Å². The average Bonchev–Trinajstić information content (AvgIpc) is 4.11. The number of nitrogens with zero attached hydrogens (tertiary/aromatic N) is 6. The molecule has 25 heteroatoms. The first-order chi connectivity index (χ1) is 36.8. The number of anilines is 2. The first-order valence-corrected chi connectivity index (χ1v) is 24.4. The van der Waals surface area contributed by atoms with Crippen LogP contribution in [-0.4, -0.2) is 85.7 Å². The molecular formula is C52H44N14O10S. The summed E-state index contributed by atoms with van der Waals surface area (Å²) in [5, 5.41) is 26.8. The lowest BCUT2D eigenvalue weighted by Crippen LogP contribution is -2.24. The van der Waals surface area contributed by atoms with Gasteiger partial charge in [0, 0.05) is 57.8 Å². The first kappa shape index (κ1) is 52.6. The number of primary amides is 4. The standard InChI is InChI=1S/C52H44N14O10S/c53-45(67)33-17-34(46(54)68)20-37(19-33)49(71)57-23-29-1-5-31(6-2-29)25-65-27-43(61-63-65)51(73)59-39-9-13-41(14-10-39)77(75,76)42-15-11-40(12-16-42)60-52(74)44-28-66(64-62-44)26-32-7-3-30(4-8-32)24-58-50(72)38-21-35(47(55)69)18-36(22-38)48(56)70/h1-22,27-28H,23-26H2,(H2,53,67)(H2,54,68)(H2,55,69)(H2,56,70)(H,57,71)(H,58,72)(H,59,73)(H,60,74). The lowest BCUT2D eigenvalue weighted by atomic mass is 10.0. The van der Waals surface area contributed by atoms with Crippen molar-refractivity contribution in [3.05, 3.63) is 213 Å². The molecule has 24 nitrogen and oxygen atoms in total. The third-order valence-electron chi connectivity index (χ3n) is 11.6. The van der Waals surface area contributed by atoms with E-state index in [1.54, 1.807) is 48.5 Å². The van der Waals surface area contributed by atoms with Crippen molar-refractivity contribution in [3.8, 4) is 0 Å². The number of nitrogens with one attached hydrogen (secondary N) is 4. The van der Waals surface area contributed by atoms with E-state index in [1.807, 2.05) is 0 Å². The summed E-state index contributed by atoms with van der Waals surface area (Å²) >= 11 is 0. The highest BCUT2D eigenvalue weighted by Crippen LogP contribution is 2.25. The van der Waals surface area contributed by atoms with Gasteiger partial charge < -0.3 is 44.2 Å². The fourth-order valence-corrected chi connectivity index (χ4v) is 8.74. The van der Waals surface area contributed by atoms with Crippen LogP contribution in [0, 0.1) is 0 Å². The van der Waals surface area contributed by atoms with Gasteiger partial charge in [0.05, 0.1) is 35.3 Å². The van der Waals surface area contributed by atoms with E-state index in [2.05, 4.69) is 41.9 Å². The van der Waals surface area contributed by atoms with Crippen LogP contribution in [0.25, 0.3) is 0 Å². The molecule has 0 saturated carbocycles. The fraction of sp³-hybridized carbons (Fsp3) is 0.0769. The highest BCUT2D eigenvalue weighted by atomic mass is 32.2. The Bertz CT molecular complexity index is 3440. The summed E-state index contributed by atoms with van der Waals surface area (Å²) in [6, 6.07) is 32.9. The van der Waals surface area contributed by atoms with Gasteiger partial charge in [-0.15, -0.1) is 10.2 Å². The van der Waals surface area contributed by atoms with Crippen LogP contribution in [0.1, 0.15) is 105 Å². The minimum Gasteiger partial charge on any atom is -0.366 e. The highest BCUT2D eigenvalue weighted by Gasteiger charge is 2.21. The molecule has 0 radical (unpaired) electrons. The van der Waals surface area contributed by atoms with Gasteiger partial charge in [-0.25, -0.2) is 17.8 Å². The van der Waals surface area contributed by atoms with Crippen LogP contribution in [0.4, 0.5) is 11.4 Å². The van der Waals surface area contributed by atoms with Gasteiger partial charge >= 0.3 is 0 Å². The summed E-state index contributed by atoms with van der Waals surface area (Å²) in [4.78, 5) is 98.3. The molecule has 0 saturated heterocycles. The van der Waals surface area contributed by atoms with E-state index >= 15 is 0 Å². The van der Waals surface area contributed by atoms with Crippen molar-refractivity contribution in [1.82, 2.24) is 40.6 Å². The molecule has 0 fully saturated rings. The maximum absolute atomic E-state index is 13.5. The Morgan fingerprint density at radius 1 is 0.403 bits per heavy atom. The van der Waals surface area contributed by atoms with E-state index in [-0.39, 0.29) is 80.7 Å². The molecule has 0 aliphatic rings. The van der Waals surface area contributed by atoms with Crippen molar-refractivity contribution in [1.29, 1.82) is 0 Å². The van der Waals surface area contributed by atoms with E-state index < -0.39 is 57.1 Å². The lowest BCUT2D eigenvalue weighted by Gasteiger charge is -2.09. The van der Waals surface area contributed by atoms with Gasteiger partial charge in [-0.3, -0.25) is 38.4 Å². The van der Waals surface area contributed by atoms with Gasteiger partial charge in [0.15, 0.2) is 11.4 Å². The molecule has 388 valence electrons. The van der Waals surface area contributed by atoms with Gasteiger partial charge in [-0.1, -0.05) is 59.0 Å². The minimum atomic E-state index is -4.02.